The van der Waals surface area contributed by atoms with E-state index in [1.54, 1.807) is 13.4 Å². The molecule has 4 rings (SSSR count). The molecule has 168 valence electrons. The molecule has 32 heavy (non-hydrogen) atoms. The van der Waals surface area contributed by atoms with E-state index < -0.39 is 0 Å². The molecule has 3 aromatic rings. The highest BCUT2D eigenvalue weighted by atomic mass is 32.2. The summed E-state index contributed by atoms with van der Waals surface area (Å²) in [5, 5.41) is 9.08. The molecule has 1 saturated heterocycles. The summed E-state index contributed by atoms with van der Waals surface area (Å²) < 4.78 is 7.21. The van der Waals surface area contributed by atoms with E-state index in [1.165, 1.54) is 34.9 Å². The summed E-state index contributed by atoms with van der Waals surface area (Å²) in [5.74, 6) is 1.39. The van der Waals surface area contributed by atoms with Gasteiger partial charge < -0.3 is 9.64 Å². The average Bonchev–Trinajstić information content (AvgIpc) is 3.29. The van der Waals surface area contributed by atoms with Crippen LogP contribution >= 0.6 is 11.8 Å². The Hall–Kier alpha value is -2.80. The molecule has 1 aromatic heterocycles. The van der Waals surface area contributed by atoms with Crippen molar-refractivity contribution < 1.29 is 9.53 Å². The summed E-state index contributed by atoms with van der Waals surface area (Å²) in [4.78, 5) is 15.2. The van der Waals surface area contributed by atoms with Gasteiger partial charge in [0, 0.05) is 18.3 Å². The van der Waals surface area contributed by atoms with Crippen LogP contribution in [0.15, 0.2) is 53.9 Å². The molecule has 7 heteroatoms. The Kier molecular flexibility index (Phi) is 7.15. The second-order valence-electron chi connectivity index (χ2n) is 8.33. The smallest absolute Gasteiger partial charge is 0.233 e. The number of ether oxygens (including phenoxy) is 1. The first-order valence-corrected chi connectivity index (χ1v) is 12.1. The molecular formula is C25H30N4O2S. The van der Waals surface area contributed by atoms with E-state index in [1.807, 2.05) is 16.7 Å². The SMILES string of the molecule is COc1ccc(CC2CCCCN2C(=O)CSc2nncn2-c2ccc(C)c(C)c2)cc1. The van der Waals surface area contributed by atoms with Gasteiger partial charge in [0.2, 0.25) is 5.91 Å². The number of aryl methyl sites for hydroxylation is 2. The molecule has 1 aliphatic heterocycles. The molecule has 1 atom stereocenters. The summed E-state index contributed by atoms with van der Waals surface area (Å²) in [5.41, 5.74) is 4.72. The van der Waals surface area contributed by atoms with Crippen LogP contribution in [0.25, 0.3) is 5.69 Å². The van der Waals surface area contributed by atoms with E-state index >= 15 is 0 Å². The first-order chi connectivity index (χ1) is 15.5. The highest BCUT2D eigenvalue weighted by Gasteiger charge is 2.27. The number of likely N-dealkylation sites (tertiary alicyclic amines) is 1. The molecule has 0 radical (unpaired) electrons. The summed E-state index contributed by atoms with van der Waals surface area (Å²) >= 11 is 1.46. The lowest BCUT2D eigenvalue weighted by Gasteiger charge is -2.36. The monoisotopic (exact) mass is 450 g/mol. The second-order valence-corrected chi connectivity index (χ2v) is 9.27. The largest absolute Gasteiger partial charge is 0.497 e. The number of thioether (sulfide) groups is 1. The maximum Gasteiger partial charge on any atom is 0.233 e. The molecule has 2 aromatic carbocycles. The lowest BCUT2D eigenvalue weighted by molar-refractivity contribution is -0.131. The van der Waals surface area contributed by atoms with E-state index in [4.69, 9.17) is 4.74 Å². The van der Waals surface area contributed by atoms with Crippen LogP contribution in [0.1, 0.15) is 36.0 Å². The Labute approximate surface area is 194 Å². The van der Waals surface area contributed by atoms with Gasteiger partial charge in [0.1, 0.15) is 12.1 Å². The van der Waals surface area contributed by atoms with Crippen molar-refractivity contribution >= 4 is 17.7 Å². The normalized spacial score (nSPS) is 16.2. The van der Waals surface area contributed by atoms with Gasteiger partial charge >= 0.3 is 0 Å². The van der Waals surface area contributed by atoms with Crippen molar-refractivity contribution in [3.8, 4) is 11.4 Å². The van der Waals surface area contributed by atoms with Gasteiger partial charge in [-0.3, -0.25) is 9.36 Å². The van der Waals surface area contributed by atoms with Crippen molar-refractivity contribution in [1.82, 2.24) is 19.7 Å². The Morgan fingerprint density at radius 2 is 1.94 bits per heavy atom. The van der Waals surface area contributed by atoms with Crippen molar-refractivity contribution in [3.63, 3.8) is 0 Å². The highest BCUT2D eigenvalue weighted by Crippen LogP contribution is 2.25. The van der Waals surface area contributed by atoms with Crippen LogP contribution in [0.3, 0.4) is 0 Å². The Morgan fingerprint density at radius 3 is 2.69 bits per heavy atom. The zero-order valence-corrected chi connectivity index (χ0v) is 19.8. The summed E-state index contributed by atoms with van der Waals surface area (Å²) in [6.07, 6.45) is 5.86. The number of piperidine rings is 1. The molecule has 1 aliphatic rings. The number of hydrogen-bond donors (Lipinski definition) is 0. The summed E-state index contributed by atoms with van der Waals surface area (Å²) in [6, 6.07) is 14.7. The van der Waals surface area contributed by atoms with Gasteiger partial charge in [-0.1, -0.05) is 30.0 Å². The fourth-order valence-electron chi connectivity index (χ4n) is 4.16. The Bertz CT molecular complexity index is 1060. The molecule has 2 heterocycles. The van der Waals surface area contributed by atoms with Gasteiger partial charge in [0.15, 0.2) is 5.16 Å². The number of rotatable bonds is 7. The summed E-state index contributed by atoms with van der Waals surface area (Å²) in [7, 11) is 1.68. The predicted molar refractivity (Wildman–Crippen MR) is 128 cm³/mol. The maximum atomic E-state index is 13.2. The van der Waals surface area contributed by atoms with Crippen molar-refractivity contribution in [2.45, 2.75) is 50.7 Å². The molecule has 0 bridgehead atoms. The first-order valence-electron chi connectivity index (χ1n) is 11.1. The third kappa shape index (κ3) is 5.15. The minimum absolute atomic E-state index is 0.169. The van der Waals surface area contributed by atoms with Gasteiger partial charge in [-0.15, -0.1) is 10.2 Å². The van der Waals surface area contributed by atoms with Crippen molar-refractivity contribution in [3.05, 3.63) is 65.5 Å². The van der Waals surface area contributed by atoms with Crippen LogP contribution in [0.5, 0.6) is 5.75 Å². The minimum Gasteiger partial charge on any atom is -0.497 e. The molecule has 1 fully saturated rings. The van der Waals surface area contributed by atoms with Crippen LogP contribution in [-0.4, -0.2) is 51.0 Å². The molecule has 0 saturated carbocycles. The molecule has 6 nitrogen and oxygen atoms in total. The van der Waals surface area contributed by atoms with Gasteiger partial charge in [0.25, 0.3) is 0 Å². The van der Waals surface area contributed by atoms with Gasteiger partial charge in [-0.25, -0.2) is 0 Å². The predicted octanol–water partition coefficient (Wildman–Crippen LogP) is 4.61. The number of hydrogen-bond acceptors (Lipinski definition) is 5. The number of amides is 1. The van der Waals surface area contributed by atoms with Crippen molar-refractivity contribution in [2.75, 3.05) is 19.4 Å². The highest BCUT2D eigenvalue weighted by molar-refractivity contribution is 7.99. The third-order valence-corrected chi connectivity index (χ3v) is 7.12. The Balaban J connectivity index is 1.41. The number of aromatic nitrogens is 3. The van der Waals surface area contributed by atoms with Crippen LogP contribution in [0, 0.1) is 13.8 Å². The number of nitrogens with zero attached hydrogens (tertiary/aromatic N) is 4. The van der Waals surface area contributed by atoms with Crippen molar-refractivity contribution in [1.29, 1.82) is 0 Å². The van der Waals surface area contributed by atoms with Crippen LogP contribution in [-0.2, 0) is 11.2 Å². The van der Waals surface area contributed by atoms with Crippen LogP contribution in [0.4, 0.5) is 0 Å². The fraction of sp³-hybridized carbons (Fsp3) is 0.400. The topological polar surface area (TPSA) is 60.2 Å². The lowest BCUT2D eigenvalue weighted by Crippen LogP contribution is -2.45. The number of carbonyl (C=O) groups is 1. The summed E-state index contributed by atoms with van der Waals surface area (Å²) in [6.45, 7) is 5.02. The van der Waals surface area contributed by atoms with Crippen molar-refractivity contribution in [2.24, 2.45) is 0 Å². The molecule has 0 spiro atoms. The van der Waals surface area contributed by atoms with Gasteiger partial charge in [0.05, 0.1) is 12.9 Å². The number of methoxy groups -OCH3 is 1. The quantitative estimate of drug-likeness (QED) is 0.492. The fourth-order valence-corrected chi connectivity index (χ4v) is 4.97. The maximum absolute atomic E-state index is 13.2. The average molecular weight is 451 g/mol. The zero-order chi connectivity index (χ0) is 22.5. The Morgan fingerprint density at radius 1 is 1.12 bits per heavy atom. The van der Waals surface area contributed by atoms with Crippen LogP contribution in [0.2, 0.25) is 0 Å². The van der Waals surface area contributed by atoms with E-state index in [0.717, 1.165) is 42.4 Å². The third-order valence-electron chi connectivity index (χ3n) is 6.19. The molecule has 1 amide bonds. The molecule has 0 aliphatic carbocycles. The molecule has 0 N–H and O–H groups in total. The van der Waals surface area contributed by atoms with Gasteiger partial charge in [-0.05, 0) is 80.5 Å². The van der Waals surface area contributed by atoms with Gasteiger partial charge in [-0.2, -0.15) is 0 Å². The second kappa shape index (κ2) is 10.2. The van der Waals surface area contributed by atoms with E-state index in [9.17, 15) is 4.79 Å². The number of benzene rings is 2. The van der Waals surface area contributed by atoms with E-state index in [2.05, 4.69) is 59.3 Å². The van der Waals surface area contributed by atoms with E-state index in [-0.39, 0.29) is 11.9 Å². The minimum atomic E-state index is 0.169. The standard InChI is InChI=1S/C25H30N4O2S/c1-18-7-10-22(14-19(18)2)29-17-26-27-25(29)32-16-24(30)28-13-5-4-6-21(28)15-20-8-11-23(31-3)12-9-20/h7-12,14,17,21H,4-6,13,15-16H2,1-3H3. The van der Waals surface area contributed by atoms with Crippen LogP contribution < -0.4 is 4.74 Å². The number of carbonyl (C=O) groups excluding carboxylic acids is 1. The first kappa shape index (κ1) is 22.4. The lowest BCUT2D eigenvalue weighted by atomic mass is 9.95. The van der Waals surface area contributed by atoms with E-state index in [0.29, 0.717) is 5.75 Å². The molecular weight excluding hydrogens is 420 g/mol. The molecule has 1 unspecified atom stereocenters. The zero-order valence-electron chi connectivity index (χ0n) is 19.0.